The Morgan fingerprint density at radius 3 is 2.57 bits per heavy atom. The van der Waals surface area contributed by atoms with E-state index < -0.39 is 15.8 Å². The van der Waals surface area contributed by atoms with E-state index in [1.165, 1.54) is 18.2 Å². The number of anilines is 1. The maximum atomic E-state index is 13.2. The predicted molar refractivity (Wildman–Crippen MR) is 55.0 cm³/mol. The van der Waals surface area contributed by atoms with Gasteiger partial charge >= 0.3 is 0 Å². The van der Waals surface area contributed by atoms with Gasteiger partial charge in [-0.1, -0.05) is 18.7 Å². The fourth-order valence-electron chi connectivity index (χ4n) is 0.941. The number of sulfonamides is 1. The van der Waals surface area contributed by atoms with Gasteiger partial charge in [0.05, 0.1) is 11.9 Å². The molecule has 0 heterocycles. The van der Waals surface area contributed by atoms with Crippen LogP contribution in [-0.2, 0) is 10.0 Å². The lowest BCUT2D eigenvalue weighted by Crippen LogP contribution is -2.10. The molecule has 0 amide bonds. The zero-order valence-corrected chi connectivity index (χ0v) is 8.44. The van der Waals surface area contributed by atoms with Gasteiger partial charge in [-0.05, 0) is 17.7 Å². The Kier molecular flexibility index (Phi) is 2.90. The van der Waals surface area contributed by atoms with Gasteiger partial charge in [-0.2, -0.15) is 0 Å². The van der Waals surface area contributed by atoms with E-state index in [9.17, 15) is 12.8 Å². The van der Waals surface area contributed by atoms with Crippen molar-refractivity contribution in [2.45, 2.75) is 0 Å². The summed E-state index contributed by atoms with van der Waals surface area (Å²) in [5.41, 5.74) is 0.541. The van der Waals surface area contributed by atoms with Gasteiger partial charge in [0.15, 0.2) is 0 Å². The minimum atomic E-state index is -3.44. The number of rotatable bonds is 3. The highest BCUT2D eigenvalue weighted by Crippen LogP contribution is 2.17. The topological polar surface area (TPSA) is 46.2 Å². The molecule has 0 aliphatic rings. The molecule has 0 saturated carbocycles. The molecule has 1 aromatic carbocycles. The van der Waals surface area contributed by atoms with Gasteiger partial charge in [-0.15, -0.1) is 0 Å². The molecule has 1 N–H and O–H groups in total. The second kappa shape index (κ2) is 3.79. The second-order valence-electron chi connectivity index (χ2n) is 2.82. The first-order valence-corrected chi connectivity index (χ1v) is 5.71. The normalized spacial score (nSPS) is 11.0. The van der Waals surface area contributed by atoms with Crippen molar-refractivity contribution in [1.82, 2.24) is 0 Å². The predicted octanol–water partition coefficient (Wildman–Crippen LogP) is 1.84. The molecule has 0 bridgehead atoms. The summed E-state index contributed by atoms with van der Waals surface area (Å²) in [6, 6.07) is 4.14. The van der Waals surface area contributed by atoms with Crippen LogP contribution in [0.3, 0.4) is 0 Å². The summed E-state index contributed by atoms with van der Waals surface area (Å²) in [7, 11) is -3.44. The van der Waals surface area contributed by atoms with Crippen molar-refractivity contribution in [2.75, 3.05) is 11.0 Å². The molecule has 0 aliphatic carbocycles. The third kappa shape index (κ3) is 2.85. The van der Waals surface area contributed by atoms with Crippen LogP contribution in [0.5, 0.6) is 0 Å². The maximum Gasteiger partial charge on any atom is 0.229 e. The Bertz CT molecular complexity index is 454. The lowest BCUT2D eigenvalue weighted by atomic mass is 10.2. The van der Waals surface area contributed by atoms with E-state index in [1.807, 2.05) is 0 Å². The SMILES string of the molecule is C=Cc1ccc(NS(C)(=O)=O)c(F)c1. The highest BCUT2D eigenvalue weighted by Gasteiger charge is 2.06. The monoisotopic (exact) mass is 215 g/mol. The molecule has 0 unspecified atom stereocenters. The summed E-state index contributed by atoms with van der Waals surface area (Å²) in [6.45, 7) is 3.47. The number of hydrogen-bond acceptors (Lipinski definition) is 2. The van der Waals surface area contributed by atoms with E-state index in [1.54, 1.807) is 6.07 Å². The molecule has 0 atom stereocenters. The van der Waals surface area contributed by atoms with Crippen LogP contribution < -0.4 is 4.72 Å². The van der Waals surface area contributed by atoms with Gasteiger partial charge < -0.3 is 0 Å². The maximum absolute atomic E-state index is 13.2. The molecule has 3 nitrogen and oxygen atoms in total. The second-order valence-corrected chi connectivity index (χ2v) is 4.57. The lowest BCUT2D eigenvalue weighted by Gasteiger charge is -2.05. The van der Waals surface area contributed by atoms with Crippen LogP contribution >= 0.6 is 0 Å². The lowest BCUT2D eigenvalue weighted by molar-refractivity contribution is 0.603. The summed E-state index contributed by atoms with van der Waals surface area (Å²) in [5, 5.41) is 0. The number of benzene rings is 1. The zero-order valence-electron chi connectivity index (χ0n) is 7.62. The van der Waals surface area contributed by atoms with E-state index in [4.69, 9.17) is 0 Å². The highest BCUT2D eigenvalue weighted by molar-refractivity contribution is 7.92. The summed E-state index contributed by atoms with van der Waals surface area (Å²) in [4.78, 5) is 0. The fourth-order valence-corrected chi connectivity index (χ4v) is 1.51. The van der Waals surface area contributed by atoms with Crippen LogP contribution in [0.15, 0.2) is 24.8 Å². The Hall–Kier alpha value is -1.36. The molecule has 76 valence electrons. The molecule has 1 aromatic rings. The largest absolute Gasteiger partial charge is 0.281 e. The van der Waals surface area contributed by atoms with Crippen molar-refractivity contribution < 1.29 is 12.8 Å². The highest BCUT2D eigenvalue weighted by atomic mass is 32.2. The van der Waals surface area contributed by atoms with Crippen molar-refractivity contribution in [3.05, 3.63) is 36.2 Å². The smallest absolute Gasteiger partial charge is 0.229 e. The average Bonchev–Trinajstić information content (AvgIpc) is 2.06. The Morgan fingerprint density at radius 2 is 2.14 bits per heavy atom. The van der Waals surface area contributed by atoms with Crippen LogP contribution in [0.4, 0.5) is 10.1 Å². The molecular formula is C9H10FNO2S. The average molecular weight is 215 g/mol. The number of nitrogens with one attached hydrogen (secondary N) is 1. The van der Waals surface area contributed by atoms with Crippen molar-refractivity contribution in [1.29, 1.82) is 0 Å². The van der Waals surface area contributed by atoms with Gasteiger partial charge in [0.25, 0.3) is 0 Å². The Morgan fingerprint density at radius 1 is 1.50 bits per heavy atom. The molecule has 0 radical (unpaired) electrons. The van der Waals surface area contributed by atoms with E-state index in [0.717, 1.165) is 6.26 Å². The third-order valence-electron chi connectivity index (χ3n) is 1.52. The number of hydrogen-bond donors (Lipinski definition) is 1. The van der Waals surface area contributed by atoms with Gasteiger partial charge in [0, 0.05) is 0 Å². The van der Waals surface area contributed by atoms with Crippen LogP contribution in [0, 0.1) is 5.82 Å². The van der Waals surface area contributed by atoms with Crippen LogP contribution in [0.2, 0.25) is 0 Å². The van der Waals surface area contributed by atoms with E-state index >= 15 is 0 Å². The van der Waals surface area contributed by atoms with Gasteiger partial charge in [0.1, 0.15) is 5.82 Å². The van der Waals surface area contributed by atoms with Crippen molar-refractivity contribution in [2.24, 2.45) is 0 Å². The molecular weight excluding hydrogens is 205 g/mol. The molecule has 0 fully saturated rings. The summed E-state index contributed by atoms with van der Waals surface area (Å²) in [5.74, 6) is -0.618. The van der Waals surface area contributed by atoms with Gasteiger partial charge in [-0.3, -0.25) is 4.72 Å². The molecule has 14 heavy (non-hydrogen) atoms. The van der Waals surface area contributed by atoms with E-state index in [0.29, 0.717) is 5.56 Å². The molecule has 0 aliphatic heterocycles. The number of halogens is 1. The fraction of sp³-hybridized carbons (Fsp3) is 0.111. The first-order valence-electron chi connectivity index (χ1n) is 3.82. The van der Waals surface area contributed by atoms with Gasteiger partial charge in [0.2, 0.25) is 10.0 Å². The van der Waals surface area contributed by atoms with E-state index in [-0.39, 0.29) is 5.69 Å². The molecule has 5 heteroatoms. The van der Waals surface area contributed by atoms with Crippen LogP contribution in [0.25, 0.3) is 6.08 Å². The molecule has 0 aromatic heterocycles. The minimum Gasteiger partial charge on any atom is -0.281 e. The Labute approximate surface area is 82.3 Å². The van der Waals surface area contributed by atoms with E-state index in [2.05, 4.69) is 11.3 Å². The van der Waals surface area contributed by atoms with Crippen LogP contribution in [0.1, 0.15) is 5.56 Å². The molecule has 1 rings (SSSR count). The van der Waals surface area contributed by atoms with Crippen LogP contribution in [-0.4, -0.2) is 14.7 Å². The summed E-state index contributed by atoms with van der Waals surface area (Å²) in [6.07, 6.45) is 2.45. The summed E-state index contributed by atoms with van der Waals surface area (Å²) >= 11 is 0. The standard InChI is InChI=1S/C9H10FNO2S/c1-3-7-4-5-9(8(10)6-7)11-14(2,12)13/h3-6,11H,1H2,2H3. The quantitative estimate of drug-likeness (QED) is 0.836. The van der Waals surface area contributed by atoms with Crippen molar-refractivity contribution in [3.63, 3.8) is 0 Å². The minimum absolute atomic E-state index is 0.0573. The third-order valence-corrected chi connectivity index (χ3v) is 2.11. The first-order chi connectivity index (χ1) is 6.42. The van der Waals surface area contributed by atoms with Gasteiger partial charge in [-0.25, -0.2) is 12.8 Å². The Balaban J connectivity index is 3.07. The first kappa shape index (κ1) is 10.7. The van der Waals surface area contributed by atoms with Crippen molar-refractivity contribution in [3.8, 4) is 0 Å². The summed E-state index contributed by atoms with van der Waals surface area (Å²) < 4.78 is 36.9. The van der Waals surface area contributed by atoms with Crippen molar-refractivity contribution >= 4 is 21.8 Å². The zero-order chi connectivity index (χ0) is 10.8. The molecule has 0 spiro atoms. The molecule has 0 saturated heterocycles.